The average molecular weight is 89.1 g/mol. The summed E-state index contributed by atoms with van der Waals surface area (Å²) >= 11 is 0. The highest BCUT2D eigenvalue weighted by Crippen LogP contribution is 1.39. The van der Waals surface area contributed by atoms with Crippen LogP contribution in [0.15, 0.2) is 0 Å². The molecule has 3 radical (unpaired) electrons. The number of hydrogen-bond acceptors (Lipinski definition) is 2. The molecule has 2 N–H and O–H groups in total. The summed E-state index contributed by atoms with van der Waals surface area (Å²) in [6.45, 7) is -0.250. The van der Waals surface area contributed by atoms with E-state index in [2.05, 4.69) is 0 Å². The van der Waals surface area contributed by atoms with Crippen molar-refractivity contribution < 1.29 is 10.2 Å². The van der Waals surface area contributed by atoms with Gasteiger partial charge >= 0.3 is 0 Å². The van der Waals surface area contributed by atoms with Crippen LogP contribution in [-0.4, -0.2) is 40.8 Å². The highest BCUT2D eigenvalue weighted by atomic mass is 27.0. The average Bonchev–Trinajstić information content (AvgIpc) is 1.37. The summed E-state index contributed by atoms with van der Waals surface area (Å²) in [5.74, 6) is 0. The summed E-state index contributed by atoms with van der Waals surface area (Å²) in [6, 6.07) is 0. The Morgan fingerprint density at radius 3 is 1.20 bits per heavy atom. The summed E-state index contributed by atoms with van der Waals surface area (Å²) in [7, 11) is 0. The van der Waals surface area contributed by atoms with Crippen LogP contribution in [0.3, 0.4) is 0 Å². The predicted octanol–water partition coefficient (Wildman–Crippen LogP) is -1.41. The first kappa shape index (κ1) is 9.07. The van der Waals surface area contributed by atoms with Crippen molar-refractivity contribution in [1.29, 1.82) is 0 Å². The van der Waals surface area contributed by atoms with Gasteiger partial charge in [-0.2, -0.15) is 0 Å². The fraction of sp³-hybridized carbons (Fsp3) is 1.00. The topological polar surface area (TPSA) is 40.5 Å². The Kier molecular flexibility index (Phi) is 16.0. The minimum absolute atomic E-state index is 0. The van der Waals surface area contributed by atoms with Gasteiger partial charge in [-0.1, -0.05) is 0 Å². The summed E-state index contributed by atoms with van der Waals surface area (Å²) in [6.07, 6.45) is 0. The van der Waals surface area contributed by atoms with Crippen molar-refractivity contribution in [2.24, 2.45) is 0 Å². The van der Waals surface area contributed by atoms with Gasteiger partial charge in [0.2, 0.25) is 0 Å². The molecule has 0 aromatic heterocycles. The fourth-order valence-corrected chi connectivity index (χ4v) is 0. The SMILES string of the molecule is OCCO.[Al]. The van der Waals surface area contributed by atoms with Crippen LogP contribution in [0.2, 0.25) is 0 Å². The first-order valence-corrected chi connectivity index (χ1v) is 1.13. The third-order valence-corrected chi connectivity index (χ3v) is 0.1000. The second-order valence-corrected chi connectivity index (χ2v) is 0.447. The van der Waals surface area contributed by atoms with Gasteiger partial charge in [0.25, 0.3) is 0 Å². The van der Waals surface area contributed by atoms with Crippen molar-refractivity contribution in [1.82, 2.24) is 0 Å². The molecule has 0 saturated heterocycles. The van der Waals surface area contributed by atoms with Gasteiger partial charge in [0, 0.05) is 17.4 Å². The molecule has 0 fully saturated rings. The summed E-state index contributed by atoms with van der Waals surface area (Å²) in [5.41, 5.74) is 0. The highest BCUT2D eigenvalue weighted by Gasteiger charge is 1.58. The lowest BCUT2D eigenvalue weighted by atomic mass is 10.8. The van der Waals surface area contributed by atoms with E-state index in [0.29, 0.717) is 0 Å². The quantitative estimate of drug-likeness (QED) is 0.387. The van der Waals surface area contributed by atoms with E-state index in [9.17, 15) is 0 Å². The molecular weight excluding hydrogens is 83.0 g/mol. The van der Waals surface area contributed by atoms with Crippen molar-refractivity contribution in [2.75, 3.05) is 13.2 Å². The number of aliphatic hydroxyl groups excluding tert-OH is 2. The van der Waals surface area contributed by atoms with E-state index in [1.807, 2.05) is 0 Å². The lowest BCUT2D eigenvalue weighted by molar-refractivity contribution is 0.186. The maximum absolute atomic E-state index is 7.62. The van der Waals surface area contributed by atoms with Crippen LogP contribution >= 0.6 is 0 Å². The van der Waals surface area contributed by atoms with Gasteiger partial charge in [0.05, 0.1) is 13.2 Å². The Hall–Kier alpha value is 0.452. The molecule has 0 aromatic carbocycles. The predicted molar refractivity (Wildman–Crippen MR) is 19.9 cm³/mol. The minimum Gasteiger partial charge on any atom is -0.394 e. The smallest absolute Gasteiger partial charge is 0.0662 e. The van der Waals surface area contributed by atoms with Gasteiger partial charge < -0.3 is 10.2 Å². The monoisotopic (exact) mass is 89.0 g/mol. The Bertz CT molecular complexity index is 9.61. The van der Waals surface area contributed by atoms with Crippen LogP contribution in [0.25, 0.3) is 0 Å². The molecular formula is C2H6AlO2. The molecule has 2 nitrogen and oxygen atoms in total. The van der Waals surface area contributed by atoms with Crippen molar-refractivity contribution in [3.8, 4) is 0 Å². The highest BCUT2D eigenvalue weighted by molar-refractivity contribution is 5.75. The molecule has 29 valence electrons. The van der Waals surface area contributed by atoms with E-state index in [0.717, 1.165) is 0 Å². The van der Waals surface area contributed by atoms with E-state index >= 15 is 0 Å². The van der Waals surface area contributed by atoms with Gasteiger partial charge in [0.15, 0.2) is 0 Å². The lowest BCUT2D eigenvalue weighted by Crippen LogP contribution is -1.85. The molecule has 0 saturated carbocycles. The van der Waals surface area contributed by atoms with Gasteiger partial charge in [0.1, 0.15) is 0 Å². The maximum atomic E-state index is 7.62. The molecule has 0 rings (SSSR count). The Labute approximate surface area is 41.6 Å². The zero-order chi connectivity index (χ0) is 3.41. The molecule has 0 atom stereocenters. The van der Waals surface area contributed by atoms with Gasteiger partial charge in [-0.25, -0.2) is 0 Å². The van der Waals surface area contributed by atoms with Crippen LogP contribution < -0.4 is 0 Å². The second kappa shape index (κ2) is 8.82. The molecule has 0 aromatic rings. The van der Waals surface area contributed by atoms with Crippen molar-refractivity contribution in [2.45, 2.75) is 0 Å². The molecule has 0 amide bonds. The number of rotatable bonds is 1. The molecule has 5 heavy (non-hydrogen) atoms. The van der Waals surface area contributed by atoms with E-state index in [1.54, 1.807) is 0 Å². The second-order valence-electron chi connectivity index (χ2n) is 0.447. The molecule has 0 spiro atoms. The standard InChI is InChI=1S/C2H6O2.Al/c3-1-2-4;/h3-4H,1-2H2;. The lowest BCUT2D eigenvalue weighted by Gasteiger charge is -1.70. The molecule has 0 aliphatic heterocycles. The molecule has 0 aliphatic rings. The largest absolute Gasteiger partial charge is 0.394 e. The Balaban J connectivity index is 0. The van der Waals surface area contributed by atoms with Crippen LogP contribution in [-0.2, 0) is 0 Å². The maximum Gasteiger partial charge on any atom is 0.0662 e. The molecule has 0 heterocycles. The number of aliphatic hydroxyl groups is 2. The van der Waals surface area contributed by atoms with Crippen molar-refractivity contribution in [3.05, 3.63) is 0 Å². The van der Waals surface area contributed by atoms with E-state index in [1.165, 1.54) is 0 Å². The van der Waals surface area contributed by atoms with Gasteiger partial charge in [-0.15, -0.1) is 0 Å². The number of hydrogen-bond donors (Lipinski definition) is 2. The first-order valence-electron chi connectivity index (χ1n) is 1.13. The van der Waals surface area contributed by atoms with E-state index < -0.39 is 0 Å². The van der Waals surface area contributed by atoms with Crippen LogP contribution in [0, 0.1) is 0 Å². The molecule has 3 heteroatoms. The normalized spacial score (nSPS) is 6.00. The van der Waals surface area contributed by atoms with Crippen molar-refractivity contribution in [3.63, 3.8) is 0 Å². The minimum atomic E-state index is -0.125. The summed E-state index contributed by atoms with van der Waals surface area (Å²) < 4.78 is 0. The Morgan fingerprint density at radius 1 is 1.00 bits per heavy atom. The van der Waals surface area contributed by atoms with Crippen LogP contribution in [0.4, 0.5) is 0 Å². The molecule has 0 unspecified atom stereocenters. The zero-order valence-electron chi connectivity index (χ0n) is 2.89. The molecule has 0 aliphatic carbocycles. The van der Waals surface area contributed by atoms with Crippen LogP contribution in [0.5, 0.6) is 0 Å². The fourth-order valence-electron chi connectivity index (χ4n) is 0. The zero-order valence-corrected chi connectivity index (χ0v) is 4.04. The molecule has 0 bridgehead atoms. The summed E-state index contributed by atoms with van der Waals surface area (Å²) in [4.78, 5) is 0. The van der Waals surface area contributed by atoms with Gasteiger partial charge in [-0.3, -0.25) is 0 Å². The first-order chi connectivity index (χ1) is 1.91. The van der Waals surface area contributed by atoms with Gasteiger partial charge in [-0.05, 0) is 0 Å². The third kappa shape index (κ3) is 12.7. The third-order valence-electron chi connectivity index (χ3n) is 0.1000. The van der Waals surface area contributed by atoms with E-state index in [4.69, 9.17) is 10.2 Å². The van der Waals surface area contributed by atoms with Crippen molar-refractivity contribution >= 4 is 17.4 Å². The summed E-state index contributed by atoms with van der Waals surface area (Å²) in [5, 5.41) is 15.2. The Morgan fingerprint density at radius 2 is 1.20 bits per heavy atom. The van der Waals surface area contributed by atoms with Crippen LogP contribution in [0.1, 0.15) is 0 Å². The van der Waals surface area contributed by atoms with E-state index in [-0.39, 0.29) is 30.6 Å².